The van der Waals surface area contributed by atoms with Crippen molar-refractivity contribution in [1.82, 2.24) is 30.8 Å². The van der Waals surface area contributed by atoms with Gasteiger partial charge in [-0.15, -0.1) is 10.2 Å². The zero-order valence-corrected chi connectivity index (χ0v) is 17.8. The van der Waals surface area contributed by atoms with Crippen molar-refractivity contribution < 1.29 is 4.79 Å². The first-order valence-corrected chi connectivity index (χ1v) is 11.9. The van der Waals surface area contributed by atoms with Gasteiger partial charge in [-0.3, -0.25) is 19.7 Å². The average Bonchev–Trinajstić information content (AvgIpc) is 3.33. The summed E-state index contributed by atoms with van der Waals surface area (Å²) in [5, 5.41) is 18.3. The van der Waals surface area contributed by atoms with E-state index >= 15 is 0 Å². The van der Waals surface area contributed by atoms with Crippen molar-refractivity contribution in [2.75, 3.05) is 5.01 Å². The van der Waals surface area contributed by atoms with Gasteiger partial charge in [-0.05, 0) is 37.7 Å². The lowest BCUT2D eigenvalue weighted by atomic mass is 9.81. The maximum Gasteiger partial charge on any atom is 0.243 e. The molecule has 31 heavy (non-hydrogen) atoms. The second kappa shape index (κ2) is 7.91. The highest BCUT2D eigenvalue weighted by molar-refractivity contribution is 5.76. The third-order valence-electron chi connectivity index (χ3n) is 7.25. The van der Waals surface area contributed by atoms with Gasteiger partial charge in [0.25, 0.3) is 0 Å². The van der Waals surface area contributed by atoms with Gasteiger partial charge in [0.05, 0.1) is 0 Å². The summed E-state index contributed by atoms with van der Waals surface area (Å²) >= 11 is 0. The lowest BCUT2D eigenvalue weighted by molar-refractivity contribution is -0.121. The summed E-state index contributed by atoms with van der Waals surface area (Å²) in [6.45, 7) is 0. The first-order valence-electron chi connectivity index (χ1n) is 11.9. The van der Waals surface area contributed by atoms with E-state index in [2.05, 4.69) is 66.2 Å². The van der Waals surface area contributed by atoms with E-state index in [1.807, 2.05) is 0 Å². The van der Waals surface area contributed by atoms with Crippen LogP contribution in [0.2, 0.25) is 0 Å². The van der Waals surface area contributed by atoms with Crippen LogP contribution in [-0.2, 0) is 11.2 Å². The number of rotatable bonds is 6. The van der Waals surface area contributed by atoms with Crippen LogP contribution in [-0.4, -0.2) is 32.9 Å². The van der Waals surface area contributed by atoms with E-state index in [1.165, 1.54) is 31.2 Å². The largest absolute Gasteiger partial charge is 0.353 e. The van der Waals surface area contributed by atoms with Crippen molar-refractivity contribution in [3.05, 3.63) is 41.7 Å². The molecule has 1 amide bonds. The van der Waals surface area contributed by atoms with Crippen molar-refractivity contribution in [2.45, 2.75) is 82.2 Å². The number of carbonyl (C=O) groups is 1. The fourth-order valence-electron chi connectivity index (χ4n) is 5.57. The molecule has 4 aliphatic rings. The summed E-state index contributed by atoms with van der Waals surface area (Å²) in [5.74, 6) is 2.63. The molecule has 2 aliphatic heterocycles. The normalized spacial score (nSPS) is 29.2. The number of hydrogen-bond acceptors (Lipinski definition) is 6. The van der Waals surface area contributed by atoms with E-state index in [4.69, 9.17) is 0 Å². The van der Waals surface area contributed by atoms with Crippen molar-refractivity contribution in [2.24, 2.45) is 5.92 Å². The second-order valence-corrected chi connectivity index (χ2v) is 9.45. The number of nitrogens with zero attached hydrogens (tertiary/aromatic N) is 4. The third kappa shape index (κ3) is 3.61. The predicted octanol–water partition coefficient (Wildman–Crippen LogP) is 2.56. The lowest BCUT2D eigenvalue weighted by Crippen LogP contribution is -2.53. The number of nitrogens with one attached hydrogen (secondary N) is 3. The summed E-state index contributed by atoms with van der Waals surface area (Å²) in [4.78, 5) is 12.1. The Kier molecular flexibility index (Phi) is 4.91. The van der Waals surface area contributed by atoms with E-state index in [-0.39, 0.29) is 18.2 Å². The number of aromatic nitrogens is 3. The molecule has 0 bridgehead atoms. The molecular formula is C23H31N7O. The molecule has 3 heterocycles. The van der Waals surface area contributed by atoms with Crippen LogP contribution in [0, 0.1) is 5.92 Å². The van der Waals surface area contributed by atoms with E-state index in [0.29, 0.717) is 24.4 Å². The molecule has 8 nitrogen and oxygen atoms in total. The first-order chi connectivity index (χ1) is 15.3. The monoisotopic (exact) mass is 421 g/mol. The zero-order chi connectivity index (χ0) is 20.8. The molecule has 0 radical (unpaired) electrons. The topological polar surface area (TPSA) is 87.1 Å². The Bertz CT molecular complexity index is 941. The van der Waals surface area contributed by atoms with Crippen LogP contribution in [0.15, 0.2) is 30.3 Å². The molecule has 164 valence electrons. The van der Waals surface area contributed by atoms with Gasteiger partial charge < -0.3 is 5.32 Å². The molecule has 4 atom stereocenters. The van der Waals surface area contributed by atoms with Gasteiger partial charge in [-0.25, -0.2) is 5.43 Å². The summed E-state index contributed by atoms with van der Waals surface area (Å²) in [5.41, 5.74) is 4.88. The van der Waals surface area contributed by atoms with Crippen molar-refractivity contribution in [3.63, 3.8) is 0 Å². The van der Waals surface area contributed by atoms with Crippen LogP contribution in [0.5, 0.6) is 0 Å². The van der Waals surface area contributed by atoms with Crippen LogP contribution in [0.3, 0.4) is 0 Å². The zero-order valence-electron chi connectivity index (χ0n) is 17.8. The van der Waals surface area contributed by atoms with Gasteiger partial charge in [0.15, 0.2) is 0 Å². The maximum atomic E-state index is 12.1. The number of fused-ring (bicyclic) bond motifs is 6. The molecular weight excluding hydrogens is 390 g/mol. The highest BCUT2D eigenvalue weighted by Gasteiger charge is 2.48. The molecule has 1 aromatic heterocycles. The fraction of sp³-hybridized carbons (Fsp3) is 0.609. The van der Waals surface area contributed by atoms with Crippen molar-refractivity contribution in [1.29, 1.82) is 0 Å². The molecule has 1 saturated heterocycles. The molecule has 1 aromatic carbocycles. The summed E-state index contributed by atoms with van der Waals surface area (Å²) in [6.07, 6.45) is 9.66. The van der Waals surface area contributed by atoms with E-state index in [1.54, 1.807) is 0 Å². The number of carbonyl (C=O) groups excluding carboxylic acids is 1. The Hall–Kier alpha value is -2.45. The molecule has 4 unspecified atom stereocenters. The summed E-state index contributed by atoms with van der Waals surface area (Å²) in [7, 11) is 0. The van der Waals surface area contributed by atoms with Gasteiger partial charge in [0.2, 0.25) is 11.9 Å². The third-order valence-corrected chi connectivity index (χ3v) is 7.25. The van der Waals surface area contributed by atoms with Crippen LogP contribution in [0.25, 0.3) is 0 Å². The predicted molar refractivity (Wildman–Crippen MR) is 117 cm³/mol. The standard InChI is InChI=1S/C23H31N7O/c31-20(24-16-13-14-16)12-6-11-19-26-27-23-29(19)18-10-5-4-9-17(18)22-25-21(28-30(22)23)15-7-2-1-3-8-15/h1-3,7-8,16-18,21-22,25,28H,4-6,9-14H2,(H,24,31). The van der Waals surface area contributed by atoms with Gasteiger partial charge in [-0.1, -0.05) is 43.2 Å². The van der Waals surface area contributed by atoms with Gasteiger partial charge in [-0.2, -0.15) is 0 Å². The quantitative estimate of drug-likeness (QED) is 0.665. The number of anilines is 1. The number of hydrogen-bond donors (Lipinski definition) is 3. The fourth-order valence-corrected chi connectivity index (χ4v) is 5.57. The van der Waals surface area contributed by atoms with E-state index < -0.39 is 0 Å². The van der Waals surface area contributed by atoms with Gasteiger partial charge in [0, 0.05) is 30.8 Å². The minimum absolute atomic E-state index is 0.0756. The molecule has 2 aliphatic carbocycles. The number of hydrazine groups is 1. The van der Waals surface area contributed by atoms with Crippen molar-refractivity contribution in [3.8, 4) is 0 Å². The van der Waals surface area contributed by atoms with E-state index in [9.17, 15) is 4.79 Å². The Morgan fingerprint density at radius 2 is 1.94 bits per heavy atom. The number of aryl methyl sites for hydroxylation is 1. The highest BCUT2D eigenvalue weighted by Crippen LogP contribution is 2.45. The smallest absolute Gasteiger partial charge is 0.243 e. The van der Waals surface area contributed by atoms with Crippen molar-refractivity contribution >= 4 is 11.9 Å². The number of amides is 1. The Balaban J connectivity index is 1.23. The Labute approximate surface area is 182 Å². The molecule has 8 heteroatoms. The molecule has 3 N–H and O–H groups in total. The van der Waals surface area contributed by atoms with E-state index in [0.717, 1.165) is 37.5 Å². The second-order valence-electron chi connectivity index (χ2n) is 9.45. The van der Waals surface area contributed by atoms with Gasteiger partial charge >= 0.3 is 0 Å². The molecule has 2 aromatic rings. The van der Waals surface area contributed by atoms with Crippen LogP contribution < -0.4 is 21.1 Å². The first kappa shape index (κ1) is 19.3. The molecule has 6 rings (SSSR count). The summed E-state index contributed by atoms with van der Waals surface area (Å²) < 4.78 is 2.38. The minimum atomic E-state index is 0.0756. The highest BCUT2D eigenvalue weighted by atomic mass is 16.1. The summed E-state index contributed by atoms with van der Waals surface area (Å²) in [6, 6.07) is 11.4. The Morgan fingerprint density at radius 3 is 2.77 bits per heavy atom. The minimum Gasteiger partial charge on any atom is -0.353 e. The van der Waals surface area contributed by atoms with Crippen LogP contribution in [0.1, 0.15) is 75.0 Å². The van der Waals surface area contributed by atoms with Crippen LogP contribution in [0.4, 0.5) is 5.95 Å². The van der Waals surface area contributed by atoms with Gasteiger partial charge in [0.1, 0.15) is 18.2 Å². The number of benzene rings is 1. The SMILES string of the molecule is O=C(CCCc1nnc2n1C1CCCCC1C1NC(c3ccccc3)NN21)NC1CC1. The Morgan fingerprint density at radius 1 is 1.10 bits per heavy atom. The maximum absolute atomic E-state index is 12.1. The van der Waals surface area contributed by atoms with Crippen LogP contribution >= 0.6 is 0 Å². The average molecular weight is 422 g/mol. The molecule has 2 saturated carbocycles. The molecule has 0 spiro atoms. The molecule has 3 fully saturated rings. The lowest BCUT2D eigenvalue weighted by Gasteiger charge is -2.44.